The number of carbonyl (C=O) groups is 1. The highest BCUT2D eigenvalue weighted by atomic mass is 35.5. The number of thiophene rings is 1. The zero-order valence-corrected chi connectivity index (χ0v) is 22.2. The number of imidazole rings is 1. The van der Waals surface area contributed by atoms with Gasteiger partial charge in [0.25, 0.3) is 5.91 Å². The zero-order valence-electron chi connectivity index (χ0n) is 20.6. The molecule has 4 aromatic rings. The number of primary amides is 1. The topological polar surface area (TPSA) is 101 Å². The fraction of sp³-hybridized carbons (Fsp3) is 0.308. The highest BCUT2D eigenvalue weighted by molar-refractivity contribution is 7.16. The smallest absolute Gasteiger partial charge is 0.489 e. The van der Waals surface area contributed by atoms with Gasteiger partial charge in [-0.05, 0) is 51.1 Å². The molecule has 0 spiro atoms. The van der Waals surface area contributed by atoms with Crippen molar-refractivity contribution in [1.82, 2.24) is 14.9 Å². The first-order valence-electron chi connectivity index (χ1n) is 12.1. The maximum Gasteiger partial charge on any atom is 0.573 e. The average Bonchev–Trinajstić information content (AvgIpc) is 3.49. The minimum Gasteiger partial charge on any atom is -0.489 e. The monoisotopic (exact) mass is 580 g/mol. The van der Waals surface area contributed by atoms with E-state index in [-0.39, 0.29) is 16.7 Å². The zero-order chi connectivity index (χ0) is 27.7. The number of benzene rings is 2. The minimum atomic E-state index is -4.84. The van der Waals surface area contributed by atoms with Gasteiger partial charge >= 0.3 is 6.36 Å². The van der Waals surface area contributed by atoms with Gasteiger partial charge in [0, 0.05) is 17.7 Å². The molecule has 39 heavy (non-hydrogen) atoms. The Morgan fingerprint density at radius 2 is 1.97 bits per heavy atom. The van der Waals surface area contributed by atoms with Gasteiger partial charge in [-0.15, -0.1) is 24.5 Å². The number of hydrogen-bond donors (Lipinski definition) is 2. The molecule has 0 aliphatic carbocycles. The van der Waals surface area contributed by atoms with Gasteiger partial charge in [-0.3, -0.25) is 9.36 Å². The number of ether oxygens (including phenoxy) is 3. The fourth-order valence-corrected chi connectivity index (χ4v) is 5.63. The first-order valence-corrected chi connectivity index (χ1v) is 13.3. The van der Waals surface area contributed by atoms with E-state index in [4.69, 9.17) is 26.8 Å². The van der Waals surface area contributed by atoms with Crippen LogP contribution < -0.4 is 25.3 Å². The Labute approximate surface area is 230 Å². The van der Waals surface area contributed by atoms with Gasteiger partial charge in [0.2, 0.25) is 0 Å². The predicted molar refractivity (Wildman–Crippen MR) is 141 cm³/mol. The van der Waals surface area contributed by atoms with Crippen LogP contribution >= 0.6 is 22.9 Å². The summed E-state index contributed by atoms with van der Waals surface area (Å²) in [5.41, 5.74) is 7.07. The number of nitrogens with one attached hydrogen (secondary N) is 1. The molecule has 1 amide bonds. The number of aromatic nitrogens is 2. The van der Waals surface area contributed by atoms with Gasteiger partial charge in [-0.25, -0.2) is 4.98 Å². The Kier molecular flexibility index (Phi) is 7.61. The van der Waals surface area contributed by atoms with Crippen LogP contribution in [-0.2, 0) is 0 Å². The van der Waals surface area contributed by atoms with Crippen LogP contribution in [0.1, 0.15) is 41.1 Å². The van der Waals surface area contributed by atoms with Crippen LogP contribution in [0.25, 0.3) is 16.0 Å². The highest BCUT2D eigenvalue weighted by Crippen LogP contribution is 2.39. The van der Waals surface area contributed by atoms with Crippen LogP contribution in [0.5, 0.6) is 17.2 Å². The van der Waals surface area contributed by atoms with Crippen molar-refractivity contribution in [3.63, 3.8) is 0 Å². The highest BCUT2D eigenvalue weighted by Gasteiger charge is 2.31. The molecule has 2 aromatic heterocycles. The standard InChI is InChI=1S/C26H24ClF3N4O4S/c1-14(17-3-2-4-20(23(17)27)37-15-7-9-32-10-8-15)36-21-12-22(39-24(21)25(31)35)34-13-33-18-6-5-16(11-19(18)34)38-26(28,29)30/h2-6,11-15,32H,7-10H2,1H3,(H2,31,35). The number of nitrogens with zero attached hydrogens (tertiary/aromatic N) is 2. The van der Waals surface area contributed by atoms with Gasteiger partial charge in [0.1, 0.15) is 45.7 Å². The van der Waals surface area contributed by atoms with Crippen molar-refractivity contribution in [2.24, 2.45) is 5.73 Å². The van der Waals surface area contributed by atoms with E-state index in [0.717, 1.165) is 37.3 Å². The molecule has 1 aliphatic heterocycles. The Bertz CT molecular complexity index is 1500. The number of alkyl halides is 3. The second-order valence-corrected chi connectivity index (χ2v) is 10.4. The van der Waals surface area contributed by atoms with Crippen LogP contribution in [0, 0.1) is 0 Å². The Morgan fingerprint density at radius 3 is 2.69 bits per heavy atom. The lowest BCUT2D eigenvalue weighted by atomic mass is 10.1. The van der Waals surface area contributed by atoms with Crippen LogP contribution in [0.4, 0.5) is 13.2 Å². The van der Waals surface area contributed by atoms with Crippen LogP contribution in [0.15, 0.2) is 48.8 Å². The summed E-state index contributed by atoms with van der Waals surface area (Å²) in [6.45, 7) is 3.53. The van der Waals surface area contributed by atoms with Crippen LogP contribution in [0.2, 0.25) is 5.02 Å². The number of fused-ring (bicyclic) bond motifs is 1. The number of halogens is 4. The molecular weight excluding hydrogens is 557 g/mol. The second kappa shape index (κ2) is 10.9. The molecule has 3 N–H and O–H groups in total. The van der Waals surface area contributed by atoms with E-state index in [0.29, 0.717) is 32.4 Å². The Hall–Kier alpha value is -3.48. The van der Waals surface area contributed by atoms with E-state index in [1.165, 1.54) is 29.1 Å². The van der Waals surface area contributed by atoms with E-state index in [1.54, 1.807) is 19.1 Å². The molecule has 0 saturated carbocycles. The molecular formula is C26H24ClF3N4O4S. The maximum absolute atomic E-state index is 12.7. The fourth-order valence-electron chi connectivity index (χ4n) is 4.38. The number of carbonyl (C=O) groups excluding carboxylic acids is 1. The van der Waals surface area contributed by atoms with Crippen molar-refractivity contribution in [3.8, 4) is 22.2 Å². The number of hydrogen-bond acceptors (Lipinski definition) is 7. The molecule has 1 atom stereocenters. The van der Waals surface area contributed by atoms with Crippen molar-refractivity contribution in [1.29, 1.82) is 0 Å². The molecule has 206 valence electrons. The molecule has 8 nitrogen and oxygen atoms in total. The summed E-state index contributed by atoms with van der Waals surface area (Å²) in [6, 6.07) is 10.8. The summed E-state index contributed by atoms with van der Waals surface area (Å²) < 4.78 is 56.1. The third-order valence-electron chi connectivity index (χ3n) is 6.21. The largest absolute Gasteiger partial charge is 0.573 e. The molecule has 3 heterocycles. The van der Waals surface area contributed by atoms with Crippen LogP contribution in [-0.4, -0.2) is 41.0 Å². The number of amides is 1. The van der Waals surface area contributed by atoms with Crippen molar-refractivity contribution in [2.45, 2.75) is 38.3 Å². The van der Waals surface area contributed by atoms with Crippen molar-refractivity contribution in [2.75, 3.05) is 13.1 Å². The lowest BCUT2D eigenvalue weighted by molar-refractivity contribution is -0.274. The number of piperidine rings is 1. The summed E-state index contributed by atoms with van der Waals surface area (Å²) >= 11 is 7.71. The number of nitrogens with two attached hydrogens (primary N) is 1. The summed E-state index contributed by atoms with van der Waals surface area (Å²) in [4.78, 5) is 16.6. The van der Waals surface area contributed by atoms with Gasteiger partial charge in [0.15, 0.2) is 0 Å². The van der Waals surface area contributed by atoms with Gasteiger partial charge in [0.05, 0.1) is 16.1 Å². The van der Waals surface area contributed by atoms with E-state index in [2.05, 4.69) is 15.0 Å². The second-order valence-electron chi connectivity index (χ2n) is 8.94. The minimum absolute atomic E-state index is 0.0585. The Balaban J connectivity index is 1.42. The number of rotatable bonds is 8. The predicted octanol–water partition coefficient (Wildman–Crippen LogP) is 6.01. The van der Waals surface area contributed by atoms with Crippen molar-refractivity contribution >= 4 is 39.9 Å². The summed E-state index contributed by atoms with van der Waals surface area (Å²) in [5.74, 6) is -0.345. The third-order valence-corrected chi connectivity index (χ3v) is 7.75. The first kappa shape index (κ1) is 27.1. The average molecular weight is 581 g/mol. The molecule has 1 fully saturated rings. The third kappa shape index (κ3) is 6.07. The molecule has 1 aliphatic rings. The summed E-state index contributed by atoms with van der Waals surface area (Å²) in [7, 11) is 0. The molecule has 0 bridgehead atoms. The normalized spacial score (nSPS) is 15.3. The maximum atomic E-state index is 12.7. The van der Waals surface area contributed by atoms with Crippen LogP contribution in [0.3, 0.4) is 0 Å². The molecule has 2 aromatic carbocycles. The quantitative estimate of drug-likeness (QED) is 0.265. The van der Waals surface area contributed by atoms with E-state index in [1.807, 2.05) is 12.1 Å². The molecule has 1 saturated heterocycles. The molecule has 1 unspecified atom stereocenters. The lowest BCUT2D eigenvalue weighted by Crippen LogP contribution is -2.34. The molecule has 5 rings (SSSR count). The summed E-state index contributed by atoms with van der Waals surface area (Å²) in [5, 5.41) is 4.17. The van der Waals surface area contributed by atoms with Crippen molar-refractivity contribution < 1.29 is 32.2 Å². The Morgan fingerprint density at radius 1 is 1.21 bits per heavy atom. The summed E-state index contributed by atoms with van der Waals surface area (Å²) in [6.07, 6.45) is -2.18. The first-order chi connectivity index (χ1) is 18.6. The SMILES string of the molecule is CC(Oc1cc(-n2cnc3ccc(OC(F)(F)F)cc32)sc1C(N)=O)c1cccc(OC2CCNCC2)c1Cl. The van der Waals surface area contributed by atoms with Crippen molar-refractivity contribution in [3.05, 3.63) is 64.3 Å². The van der Waals surface area contributed by atoms with Gasteiger partial charge < -0.3 is 25.3 Å². The van der Waals surface area contributed by atoms with Gasteiger partial charge in [-0.1, -0.05) is 23.7 Å². The van der Waals surface area contributed by atoms with E-state index >= 15 is 0 Å². The van der Waals surface area contributed by atoms with Gasteiger partial charge in [-0.2, -0.15) is 0 Å². The van der Waals surface area contributed by atoms with E-state index < -0.39 is 24.1 Å². The van der Waals surface area contributed by atoms with E-state index in [9.17, 15) is 18.0 Å². The molecule has 13 heteroatoms. The lowest BCUT2D eigenvalue weighted by Gasteiger charge is -2.25. The molecule has 0 radical (unpaired) electrons.